The van der Waals surface area contributed by atoms with Crippen LogP contribution in [0.25, 0.3) is 11.0 Å². The van der Waals surface area contributed by atoms with Gasteiger partial charge in [-0.3, -0.25) is 0 Å². The van der Waals surface area contributed by atoms with E-state index in [1.807, 2.05) is 0 Å². The van der Waals surface area contributed by atoms with Gasteiger partial charge in [0.25, 0.3) is 0 Å². The van der Waals surface area contributed by atoms with Crippen molar-refractivity contribution in [3.8, 4) is 0 Å². The van der Waals surface area contributed by atoms with Crippen molar-refractivity contribution in [2.45, 2.75) is 36.6 Å². The van der Waals surface area contributed by atoms with E-state index in [4.69, 9.17) is 5.73 Å². The van der Waals surface area contributed by atoms with Gasteiger partial charge in [-0.2, -0.15) is 8.75 Å². The van der Waals surface area contributed by atoms with Gasteiger partial charge in [0.1, 0.15) is 15.9 Å². The van der Waals surface area contributed by atoms with E-state index < -0.39 is 10.0 Å². The van der Waals surface area contributed by atoms with Crippen molar-refractivity contribution in [2.75, 3.05) is 6.54 Å². The van der Waals surface area contributed by atoms with Gasteiger partial charge in [0.2, 0.25) is 10.0 Å². The molecule has 1 atom stereocenters. The van der Waals surface area contributed by atoms with Crippen molar-refractivity contribution in [2.24, 2.45) is 11.7 Å². The van der Waals surface area contributed by atoms with Gasteiger partial charge in [-0.25, -0.2) is 13.1 Å². The Morgan fingerprint density at radius 1 is 1.33 bits per heavy atom. The molecule has 0 radical (unpaired) electrons. The first kappa shape index (κ1) is 14.8. The van der Waals surface area contributed by atoms with Crippen LogP contribution in [-0.4, -0.2) is 29.8 Å². The fourth-order valence-corrected chi connectivity index (χ4v) is 5.04. The van der Waals surface area contributed by atoms with Crippen LogP contribution < -0.4 is 10.5 Å². The molecule has 0 aliphatic heterocycles. The van der Waals surface area contributed by atoms with Crippen molar-refractivity contribution in [3.05, 3.63) is 18.2 Å². The maximum Gasteiger partial charge on any atom is 0.243 e. The summed E-state index contributed by atoms with van der Waals surface area (Å²) in [6.45, 7) is 0.315. The molecule has 1 aromatic carbocycles. The van der Waals surface area contributed by atoms with Crippen molar-refractivity contribution < 1.29 is 8.42 Å². The molecule has 6 nitrogen and oxygen atoms in total. The lowest BCUT2D eigenvalue weighted by molar-refractivity contribution is 0.406. The molecule has 3 rings (SSSR count). The highest BCUT2D eigenvalue weighted by molar-refractivity contribution is 7.89. The Morgan fingerprint density at radius 2 is 2.10 bits per heavy atom. The van der Waals surface area contributed by atoms with Gasteiger partial charge in [-0.05, 0) is 30.9 Å². The zero-order valence-corrected chi connectivity index (χ0v) is 13.2. The summed E-state index contributed by atoms with van der Waals surface area (Å²) < 4.78 is 36.2. The van der Waals surface area contributed by atoms with Gasteiger partial charge in [0.05, 0.1) is 11.7 Å². The molecule has 2 aromatic rings. The number of benzene rings is 1. The van der Waals surface area contributed by atoms with Crippen LogP contribution in [0.15, 0.2) is 23.1 Å². The molecule has 1 aromatic heterocycles. The lowest BCUT2D eigenvalue weighted by Gasteiger charge is -2.23. The van der Waals surface area contributed by atoms with Crippen LogP contribution in [0.1, 0.15) is 25.7 Å². The largest absolute Gasteiger partial charge is 0.329 e. The maximum atomic E-state index is 12.6. The molecule has 114 valence electrons. The Morgan fingerprint density at radius 3 is 2.81 bits per heavy atom. The molecular formula is C13H18N4O2S2. The van der Waals surface area contributed by atoms with Crippen LogP contribution in [0.4, 0.5) is 0 Å². The van der Waals surface area contributed by atoms with Gasteiger partial charge in [-0.1, -0.05) is 18.9 Å². The second-order valence-corrected chi connectivity index (χ2v) is 7.61. The van der Waals surface area contributed by atoms with E-state index in [2.05, 4.69) is 13.5 Å². The summed E-state index contributed by atoms with van der Waals surface area (Å²) in [5, 5.41) is 0. The SMILES string of the molecule is NCC(NS(=O)(=O)c1cccc2nsnc12)C1CCCC1. The summed E-state index contributed by atoms with van der Waals surface area (Å²) in [6.07, 6.45) is 4.36. The van der Waals surface area contributed by atoms with Gasteiger partial charge >= 0.3 is 0 Å². The van der Waals surface area contributed by atoms with Crippen LogP contribution >= 0.6 is 11.7 Å². The number of nitrogens with two attached hydrogens (primary N) is 1. The van der Waals surface area contributed by atoms with Crippen LogP contribution in [0.5, 0.6) is 0 Å². The fraction of sp³-hybridized carbons (Fsp3) is 0.538. The second kappa shape index (κ2) is 5.96. The minimum Gasteiger partial charge on any atom is -0.329 e. The van der Waals surface area contributed by atoms with Crippen molar-refractivity contribution >= 4 is 32.8 Å². The zero-order chi connectivity index (χ0) is 14.9. The normalized spacial score (nSPS) is 18.3. The van der Waals surface area contributed by atoms with Gasteiger partial charge in [-0.15, -0.1) is 0 Å². The average Bonchev–Trinajstić information content (AvgIpc) is 3.14. The first-order valence-corrected chi connectivity index (χ1v) is 9.27. The number of rotatable bonds is 5. The minimum atomic E-state index is -3.63. The molecule has 8 heteroatoms. The quantitative estimate of drug-likeness (QED) is 0.867. The topological polar surface area (TPSA) is 98.0 Å². The van der Waals surface area contributed by atoms with E-state index in [0.717, 1.165) is 37.4 Å². The lowest BCUT2D eigenvalue weighted by atomic mass is 9.99. The van der Waals surface area contributed by atoms with Crippen LogP contribution in [-0.2, 0) is 10.0 Å². The summed E-state index contributed by atoms with van der Waals surface area (Å²) in [5.41, 5.74) is 6.81. The van der Waals surface area contributed by atoms with Gasteiger partial charge in [0, 0.05) is 12.6 Å². The number of aromatic nitrogens is 2. The first-order valence-electron chi connectivity index (χ1n) is 7.05. The number of nitrogens with zero attached hydrogens (tertiary/aromatic N) is 2. The monoisotopic (exact) mass is 326 g/mol. The third-order valence-electron chi connectivity index (χ3n) is 4.07. The molecule has 0 bridgehead atoms. The zero-order valence-electron chi connectivity index (χ0n) is 11.5. The molecular weight excluding hydrogens is 308 g/mol. The third-order valence-corrected chi connectivity index (χ3v) is 6.13. The number of sulfonamides is 1. The van der Waals surface area contributed by atoms with Crippen LogP contribution in [0, 0.1) is 5.92 Å². The number of fused-ring (bicyclic) bond motifs is 1. The standard InChI is InChI=1S/C13H18N4O2S2/c14-8-11(9-4-1-2-5-9)17-21(18,19)12-7-3-6-10-13(12)16-20-15-10/h3,6-7,9,11,17H,1-2,4-5,8,14H2. The Balaban J connectivity index is 1.90. The summed E-state index contributed by atoms with van der Waals surface area (Å²) in [4.78, 5) is 0.185. The van der Waals surface area contributed by atoms with E-state index in [1.54, 1.807) is 18.2 Å². The molecule has 1 fully saturated rings. The molecule has 1 unspecified atom stereocenters. The number of hydrogen-bond donors (Lipinski definition) is 2. The molecule has 0 spiro atoms. The predicted octanol–water partition coefficient (Wildman–Crippen LogP) is 1.49. The Bertz CT molecular complexity index is 723. The Kier molecular flexibility index (Phi) is 4.21. The minimum absolute atomic E-state index is 0.185. The molecule has 1 heterocycles. The Hall–Kier alpha value is -1.09. The fourth-order valence-electron chi connectivity index (χ4n) is 2.96. The van der Waals surface area contributed by atoms with Crippen molar-refractivity contribution in [1.29, 1.82) is 0 Å². The number of hydrogen-bond acceptors (Lipinski definition) is 6. The molecule has 0 saturated heterocycles. The molecule has 1 aliphatic carbocycles. The summed E-state index contributed by atoms with van der Waals surface area (Å²) >= 11 is 1.02. The average molecular weight is 326 g/mol. The van der Waals surface area contributed by atoms with Gasteiger partial charge in [0.15, 0.2) is 0 Å². The molecule has 1 saturated carbocycles. The molecule has 3 N–H and O–H groups in total. The van der Waals surface area contributed by atoms with E-state index >= 15 is 0 Å². The van der Waals surface area contributed by atoms with E-state index in [0.29, 0.717) is 23.5 Å². The maximum absolute atomic E-state index is 12.6. The van der Waals surface area contributed by atoms with E-state index in [9.17, 15) is 8.42 Å². The summed E-state index contributed by atoms with van der Waals surface area (Å²) in [6, 6.07) is 4.80. The molecule has 21 heavy (non-hydrogen) atoms. The van der Waals surface area contributed by atoms with Crippen LogP contribution in [0.3, 0.4) is 0 Å². The highest BCUT2D eigenvalue weighted by Gasteiger charge is 2.29. The van der Waals surface area contributed by atoms with Gasteiger partial charge < -0.3 is 5.73 Å². The third kappa shape index (κ3) is 2.94. The highest BCUT2D eigenvalue weighted by Crippen LogP contribution is 2.29. The Labute approximate surface area is 128 Å². The summed E-state index contributed by atoms with van der Waals surface area (Å²) in [7, 11) is -3.63. The smallest absolute Gasteiger partial charge is 0.243 e. The lowest BCUT2D eigenvalue weighted by Crippen LogP contribution is -2.44. The molecule has 0 amide bonds. The predicted molar refractivity (Wildman–Crippen MR) is 82.5 cm³/mol. The van der Waals surface area contributed by atoms with Crippen molar-refractivity contribution in [3.63, 3.8) is 0 Å². The first-order chi connectivity index (χ1) is 10.1. The van der Waals surface area contributed by atoms with E-state index in [-0.39, 0.29) is 10.9 Å². The second-order valence-electron chi connectivity index (χ2n) is 5.40. The van der Waals surface area contributed by atoms with E-state index in [1.165, 1.54) is 0 Å². The summed E-state index contributed by atoms with van der Waals surface area (Å²) in [5.74, 6) is 0.331. The molecule has 1 aliphatic rings. The van der Waals surface area contributed by atoms with Crippen molar-refractivity contribution in [1.82, 2.24) is 13.5 Å². The highest BCUT2D eigenvalue weighted by atomic mass is 32.2. The van der Waals surface area contributed by atoms with Crippen LogP contribution in [0.2, 0.25) is 0 Å². The number of nitrogens with one attached hydrogen (secondary N) is 1.